The summed E-state index contributed by atoms with van der Waals surface area (Å²) in [7, 11) is 0. The van der Waals surface area contributed by atoms with Gasteiger partial charge in [-0.3, -0.25) is 0 Å². The Hall–Kier alpha value is -2.74. The number of aromatic nitrogens is 1. The molecule has 0 saturated carbocycles. The molecule has 4 rings (SSSR count). The largest absolute Gasteiger partial charge is 0.345 e. The van der Waals surface area contributed by atoms with Gasteiger partial charge in [0.1, 0.15) is 11.6 Å². The third-order valence-electron chi connectivity index (χ3n) is 4.27. The van der Waals surface area contributed by atoms with E-state index in [1.807, 2.05) is 0 Å². The molecule has 1 aliphatic heterocycles. The summed E-state index contributed by atoms with van der Waals surface area (Å²) in [5.41, 5.74) is 1.34. The topological polar surface area (TPSA) is 48.5 Å². The van der Waals surface area contributed by atoms with Gasteiger partial charge in [-0.2, -0.15) is 0 Å². The van der Waals surface area contributed by atoms with E-state index in [1.165, 1.54) is 47.7 Å². The van der Waals surface area contributed by atoms with E-state index in [-0.39, 0.29) is 17.7 Å². The molecule has 26 heavy (non-hydrogen) atoms. The monoisotopic (exact) mass is 374 g/mol. The number of thiazole rings is 1. The van der Waals surface area contributed by atoms with E-state index in [9.17, 15) is 13.6 Å². The Labute approximate surface area is 152 Å². The van der Waals surface area contributed by atoms with Gasteiger partial charge in [0.15, 0.2) is 5.13 Å². The third kappa shape index (κ3) is 3.45. The molecule has 0 aliphatic carbocycles. The number of anilines is 2. The molecule has 1 saturated heterocycles. The number of hydrogen-bond acceptors (Lipinski definition) is 4. The van der Waals surface area contributed by atoms with Crippen LogP contribution in [-0.2, 0) is 0 Å². The lowest BCUT2D eigenvalue weighted by Gasteiger charge is -2.34. The minimum atomic E-state index is -0.340. The molecule has 1 N–H and O–H groups in total. The van der Waals surface area contributed by atoms with Gasteiger partial charge in [-0.05, 0) is 42.5 Å². The van der Waals surface area contributed by atoms with E-state index in [1.54, 1.807) is 11.0 Å². The van der Waals surface area contributed by atoms with Crippen molar-refractivity contribution in [2.75, 3.05) is 36.4 Å². The highest BCUT2D eigenvalue weighted by atomic mass is 32.1. The fraction of sp³-hybridized carbons (Fsp3) is 0.222. The van der Waals surface area contributed by atoms with Gasteiger partial charge in [0, 0.05) is 31.9 Å². The van der Waals surface area contributed by atoms with E-state index in [2.05, 4.69) is 15.2 Å². The highest BCUT2D eigenvalue weighted by Gasteiger charge is 2.23. The number of fused-ring (bicyclic) bond motifs is 1. The average Bonchev–Trinajstić information content (AvgIpc) is 3.07. The van der Waals surface area contributed by atoms with Gasteiger partial charge in [-0.1, -0.05) is 11.3 Å². The van der Waals surface area contributed by atoms with Crippen LogP contribution in [0.25, 0.3) is 10.2 Å². The van der Waals surface area contributed by atoms with E-state index in [0.717, 1.165) is 15.3 Å². The van der Waals surface area contributed by atoms with Crippen molar-refractivity contribution < 1.29 is 13.6 Å². The van der Waals surface area contributed by atoms with Crippen molar-refractivity contribution in [1.29, 1.82) is 0 Å². The normalized spacial score (nSPS) is 14.7. The fourth-order valence-corrected chi connectivity index (χ4v) is 3.90. The van der Waals surface area contributed by atoms with Gasteiger partial charge < -0.3 is 15.1 Å². The highest BCUT2D eigenvalue weighted by molar-refractivity contribution is 7.22. The number of carbonyl (C=O) groups excluding carboxylic acids is 1. The van der Waals surface area contributed by atoms with Crippen molar-refractivity contribution in [3.8, 4) is 0 Å². The molecule has 1 aliphatic rings. The van der Waals surface area contributed by atoms with Crippen molar-refractivity contribution >= 4 is 38.4 Å². The molecular weight excluding hydrogens is 358 g/mol. The standard InChI is InChI=1S/C18H16F2N4OS/c19-12-1-4-14(5-2-12)21-17(25)23-7-9-24(10-8-23)18-22-15-6-3-13(20)11-16(15)26-18/h1-6,11H,7-10H2,(H,21,25). The smallest absolute Gasteiger partial charge is 0.321 e. The Morgan fingerprint density at radius 1 is 1.00 bits per heavy atom. The number of nitrogens with zero attached hydrogens (tertiary/aromatic N) is 3. The molecule has 0 bridgehead atoms. The van der Waals surface area contributed by atoms with Gasteiger partial charge in [0.05, 0.1) is 10.2 Å². The first-order valence-corrected chi connectivity index (χ1v) is 9.03. The molecule has 2 heterocycles. The number of amides is 2. The quantitative estimate of drug-likeness (QED) is 0.739. The summed E-state index contributed by atoms with van der Waals surface area (Å²) in [4.78, 5) is 20.7. The highest BCUT2D eigenvalue weighted by Crippen LogP contribution is 2.29. The summed E-state index contributed by atoms with van der Waals surface area (Å²) in [6.45, 7) is 2.41. The predicted octanol–water partition coefficient (Wildman–Crippen LogP) is 3.93. The van der Waals surface area contributed by atoms with E-state index in [0.29, 0.717) is 31.9 Å². The molecule has 2 aromatic carbocycles. The van der Waals surface area contributed by atoms with Crippen LogP contribution < -0.4 is 10.2 Å². The molecule has 3 aromatic rings. The first kappa shape index (κ1) is 16.7. The zero-order chi connectivity index (χ0) is 18.1. The molecule has 0 spiro atoms. The Morgan fingerprint density at radius 2 is 1.69 bits per heavy atom. The molecular formula is C18H16F2N4OS. The summed E-state index contributed by atoms with van der Waals surface area (Å²) >= 11 is 1.45. The Morgan fingerprint density at radius 3 is 2.42 bits per heavy atom. The van der Waals surface area contributed by atoms with Crippen molar-refractivity contribution in [3.63, 3.8) is 0 Å². The molecule has 0 unspecified atom stereocenters. The lowest BCUT2D eigenvalue weighted by Crippen LogP contribution is -2.50. The third-order valence-corrected chi connectivity index (χ3v) is 5.35. The van der Waals surface area contributed by atoms with E-state index in [4.69, 9.17) is 0 Å². The Balaban J connectivity index is 1.38. The number of urea groups is 1. The minimum absolute atomic E-state index is 0.206. The predicted molar refractivity (Wildman–Crippen MR) is 98.8 cm³/mol. The van der Waals surface area contributed by atoms with Crippen molar-refractivity contribution in [2.45, 2.75) is 0 Å². The molecule has 1 aromatic heterocycles. The number of halogens is 2. The Kier molecular flexibility index (Phi) is 4.42. The molecule has 5 nitrogen and oxygen atoms in total. The van der Waals surface area contributed by atoms with Crippen LogP contribution in [0.15, 0.2) is 42.5 Å². The first-order chi connectivity index (χ1) is 12.6. The van der Waals surface area contributed by atoms with E-state index < -0.39 is 0 Å². The van der Waals surface area contributed by atoms with Crippen LogP contribution in [-0.4, -0.2) is 42.1 Å². The van der Waals surface area contributed by atoms with Crippen LogP contribution in [0.5, 0.6) is 0 Å². The minimum Gasteiger partial charge on any atom is -0.345 e. The molecule has 1 fully saturated rings. The first-order valence-electron chi connectivity index (χ1n) is 8.21. The van der Waals surface area contributed by atoms with Crippen LogP contribution in [0.1, 0.15) is 0 Å². The lowest BCUT2D eigenvalue weighted by molar-refractivity contribution is 0.208. The maximum atomic E-state index is 13.3. The lowest BCUT2D eigenvalue weighted by atomic mass is 10.3. The Bertz CT molecular complexity index is 936. The number of nitrogens with one attached hydrogen (secondary N) is 1. The SMILES string of the molecule is O=C(Nc1ccc(F)cc1)N1CCN(c2nc3ccc(F)cc3s2)CC1. The van der Waals surface area contributed by atoms with Crippen LogP contribution in [0.4, 0.5) is 24.4 Å². The number of carbonyl (C=O) groups is 1. The van der Waals surface area contributed by atoms with Crippen LogP contribution in [0.3, 0.4) is 0 Å². The van der Waals surface area contributed by atoms with Gasteiger partial charge >= 0.3 is 6.03 Å². The molecule has 134 valence electrons. The van der Waals surface area contributed by atoms with Gasteiger partial charge in [-0.15, -0.1) is 0 Å². The van der Waals surface area contributed by atoms with E-state index >= 15 is 0 Å². The van der Waals surface area contributed by atoms with Crippen LogP contribution in [0, 0.1) is 11.6 Å². The number of benzene rings is 2. The molecule has 8 heteroatoms. The summed E-state index contributed by atoms with van der Waals surface area (Å²) in [6.07, 6.45) is 0. The van der Waals surface area contributed by atoms with Gasteiger partial charge in [0.2, 0.25) is 0 Å². The second kappa shape index (κ2) is 6.87. The average molecular weight is 374 g/mol. The summed E-state index contributed by atoms with van der Waals surface area (Å²) < 4.78 is 27.1. The molecule has 0 radical (unpaired) electrons. The zero-order valence-corrected chi connectivity index (χ0v) is 14.6. The summed E-state index contributed by atoms with van der Waals surface area (Å²) in [5, 5.41) is 3.61. The van der Waals surface area contributed by atoms with Crippen LogP contribution in [0.2, 0.25) is 0 Å². The van der Waals surface area contributed by atoms with Crippen molar-refractivity contribution in [2.24, 2.45) is 0 Å². The second-order valence-corrected chi connectivity index (χ2v) is 7.03. The van der Waals surface area contributed by atoms with Crippen molar-refractivity contribution in [3.05, 3.63) is 54.1 Å². The molecule has 2 amide bonds. The maximum Gasteiger partial charge on any atom is 0.321 e. The second-order valence-electron chi connectivity index (χ2n) is 6.02. The summed E-state index contributed by atoms with van der Waals surface area (Å²) in [5.74, 6) is -0.609. The molecule has 0 atom stereocenters. The number of piperazine rings is 1. The number of rotatable bonds is 2. The zero-order valence-electron chi connectivity index (χ0n) is 13.8. The maximum absolute atomic E-state index is 13.3. The number of hydrogen-bond donors (Lipinski definition) is 1. The fourth-order valence-electron chi connectivity index (χ4n) is 2.86. The van der Waals surface area contributed by atoms with Crippen molar-refractivity contribution in [1.82, 2.24) is 9.88 Å². The van der Waals surface area contributed by atoms with Gasteiger partial charge in [0.25, 0.3) is 0 Å². The van der Waals surface area contributed by atoms with Gasteiger partial charge in [-0.25, -0.2) is 18.6 Å². The summed E-state index contributed by atoms with van der Waals surface area (Å²) in [6, 6.07) is 10.0. The van der Waals surface area contributed by atoms with Crippen LogP contribution >= 0.6 is 11.3 Å².